The summed E-state index contributed by atoms with van der Waals surface area (Å²) in [5.74, 6) is 0.301. The van der Waals surface area contributed by atoms with Crippen LogP contribution in [0.25, 0.3) is 0 Å². The lowest BCUT2D eigenvalue weighted by Crippen LogP contribution is -2.51. The van der Waals surface area contributed by atoms with Crippen molar-refractivity contribution >= 4 is 23.1 Å². The number of carbonyl (C=O) groups is 1. The third-order valence-electron chi connectivity index (χ3n) is 6.85. The Balaban J connectivity index is 1.36. The molecule has 0 radical (unpaired) electrons. The zero-order chi connectivity index (χ0) is 25.9. The summed E-state index contributed by atoms with van der Waals surface area (Å²) >= 11 is 0. The van der Waals surface area contributed by atoms with Crippen molar-refractivity contribution < 1.29 is 18.0 Å². The Morgan fingerprint density at radius 3 is 2.50 bits per heavy atom. The van der Waals surface area contributed by atoms with Gasteiger partial charge in [-0.2, -0.15) is 18.3 Å². The van der Waals surface area contributed by atoms with Crippen LogP contribution in [-0.4, -0.2) is 83.8 Å². The number of nitrogens with zero attached hydrogens (tertiary/aromatic N) is 5. The lowest BCUT2D eigenvalue weighted by molar-refractivity contribution is -0.137. The number of amides is 1. The van der Waals surface area contributed by atoms with Crippen LogP contribution in [0, 0.1) is 12.8 Å². The monoisotopic (exact) mass is 508 g/mol. The van der Waals surface area contributed by atoms with Crippen LogP contribution in [0.15, 0.2) is 18.5 Å². The Morgan fingerprint density at radius 1 is 1.11 bits per heavy atom. The van der Waals surface area contributed by atoms with E-state index in [0.29, 0.717) is 24.8 Å². The van der Waals surface area contributed by atoms with Gasteiger partial charge >= 0.3 is 6.18 Å². The van der Waals surface area contributed by atoms with Gasteiger partial charge in [0.05, 0.1) is 34.6 Å². The predicted octanol–water partition coefficient (Wildman–Crippen LogP) is 3.10. The second kappa shape index (κ2) is 11.0. The van der Waals surface area contributed by atoms with Crippen molar-refractivity contribution in [2.45, 2.75) is 38.4 Å². The summed E-state index contributed by atoms with van der Waals surface area (Å²) in [4.78, 5) is 20.4. The van der Waals surface area contributed by atoms with Crippen molar-refractivity contribution in [2.24, 2.45) is 5.92 Å². The van der Waals surface area contributed by atoms with E-state index in [9.17, 15) is 18.0 Å². The number of halogens is 3. The van der Waals surface area contributed by atoms with Crippen LogP contribution in [0.2, 0.25) is 0 Å². The first-order chi connectivity index (χ1) is 17.1. The molecule has 3 N–H and O–H groups in total. The number of nitrogens with one attached hydrogen (secondary N) is 3. The molecular weight excluding hydrogens is 473 g/mol. The van der Waals surface area contributed by atoms with Crippen molar-refractivity contribution in [2.75, 3.05) is 64.0 Å². The molecule has 0 atom stereocenters. The summed E-state index contributed by atoms with van der Waals surface area (Å²) in [5, 5.41) is 13.5. The number of piperidine rings is 1. The first kappa shape index (κ1) is 26.2. The number of pyridine rings is 1. The fraction of sp³-hybridized carbons (Fsp3) is 0.625. The number of likely N-dealkylation sites (tertiary alicyclic amines) is 2. The van der Waals surface area contributed by atoms with E-state index in [2.05, 4.69) is 42.9 Å². The largest absolute Gasteiger partial charge is 0.419 e. The minimum atomic E-state index is -4.53. The van der Waals surface area contributed by atoms with E-state index in [1.165, 1.54) is 6.07 Å². The Morgan fingerprint density at radius 2 is 1.83 bits per heavy atom. The summed E-state index contributed by atoms with van der Waals surface area (Å²) in [7, 11) is 4.05. The number of anilines is 3. The van der Waals surface area contributed by atoms with E-state index < -0.39 is 11.7 Å². The van der Waals surface area contributed by atoms with E-state index in [0.717, 1.165) is 56.6 Å². The van der Waals surface area contributed by atoms with E-state index in [-0.39, 0.29) is 24.1 Å². The third-order valence-corrected chi connectivity index (χ3v) is 6.85. The smallest absolute Gasteiger partial charge is 0.384 e. The molecule has 4 rings (SSSR count). The van der Waals surface area contributed by atoms with Crippen molar-refractivity contribution in [1.82, 2.24) is 29.9 Å². The lowest BCUT2D eigenvalue weighted by atomic mass is 10.0. The molecule has 9 nitrogen and oxygen atoms in total. The van der Waals surface area contributed by atoms with Crippen molar-refractivity contribution in [3.8, 4) is 0 Å². The molecule has 4 heterocycles. The van der Waals surface area contributed by atoms with Crippen LogP contribution >= 0.6 is 0 Å². The molecule has 0 saturated carbocycles. The standard InChI is InChI=1S/C24H35F3N8O/c1-16-21(15-35(32-16)18-5-9-33(2)10-6-18)31-22-11-20(19(12-30-22)24(25,26)27)28-7-4-8-29-23(36)17-13-34(3)14-17/h11-12,15,17-18H,4-10,13-14H2,1-3H3,(H,29,36)(H2,28,30,31). The van der Waals surface area contributed by atoms with Crippen LogP contribution in [-0.2, 0) is 11.0 Å². The van der Waals surface area contributed by atoms with Crippen LogP contribution in [0.3, 0.4) is 0 Å². The summed E-state index contributed by atoms with van der Waals surface area (Å²) in [5.41, 5.74) is 0.607. The minimum Gasteiger partial charge on any atom is -0.384 e. The topological polar surface area (TPSA) is 90.3 Å². The van der Waals surface area contributed by atoms with Crippen molar-refractivity contribution in [3.05, 3.63) is 29.7 Å². The molecule has 0 aromatic carbocycles. The summed E-state index contributed by atoms with van der Waals surface area (Å²) < 4.78 is 42.7. The SMILES string of the molecule is Cc1nn(C2CCN(C)CC2)cc1Nc1cc(NCCCNC(=O)C2CN(C)C2)c(C(F)(F)F)cn1. The Labute approximate surface area is 209 Å². The molecule has 1 amide bonds. The molecular formula is C24H35F3N8O. The van der Waals surface area contributed by atoms with Gasteiger partial charge in [0.1, 0.15) is 5.82 Å². The van der Waals surface area contributed by atoms with Gasteiger partial charge in [0.2, 0.25) is 5.91 Å². The van der Waals surface area contributed by atoms with Crippen LogP contribution < -0.4 is 16.0 Å². The molecule has 2 aromatic heterocycles. The highest BCUT2D eigenvalue weighted by molar-refractivity contribution is 5.80. The molecule has 198 valence electrons. The number of aromatic nitrogens is 3. The first-order valence-electron chi connectivity index (χ1n) is 12.4. The number of alkyl halides is 3. The van der Waals surface area contributed by atoms with Gasteiger partial charge in [-0.25, -0.2) is 4.98 Å². The fourth-order valence-corrected chi connectivity index (χ4v) is 4.62. The molecule has 0 unspecified atom stereocenters. The van der Waals surface area contributed by atoms with Crippen LogP contribution in [0.5, 0.6) is 0 Å². The van der Waals surface area contributed by atoms with E-state index in [1.54, 1.807) is 0 Å². The zero-order valence-corrected chi connectivity index (χ0v) is 21.0. The summed E-state index contributed by atoms with van der Waals surface area (Å²) in [6, 6.07) is 1.68. The number of hydrogen-bond donors (Lipinski definition) is 3. The second-order valence-electron chi connectivity index (χ2n) is 9.87. The summed E-state index contributed by atoms with van der Waals surface area (Å²) in [6.07, 6.45) is 0.715. The zero-order valence-electron chi connectivity index (χ0n) is 21.0. The average Bonchev–Trinajstić information content (AvgIpc) is 3.16. The second-order valence-corrected chi connectivity index (χ2v) is 9.87. The van der Waals surface area contributed by atoms with Gasteiger partial charge in [0.15, 0.2) is 0 Å². The molecule has 2 fully saturated rings. The maximum absolute atomic E-state index is 13.6. The third kappa shape index (κ3) is 6.47. The van der Waals surface area contributed by atoms with E-state index >= 15 is 0 Å². The van der Waals surface area contributed by atoms with E-state index in [1.807, 2.05) is 24.9 Å². The number of hydrogen-bond acceptors (Lipinski definition) is 7. The van der Waals surface area contributed by atoms with Gasteiger partial charge in [-0.1, -0.05) is 0 Å². The fourth-order valence-electron chi connectivity index (χ4n) is 4.62. The van der Waals surface area contributed by atoms with Gasteiger partial charge in [0, 0.05) is 44.6 Å². The minimum absolute atomic E-state index is 0.000820. The molecule has 0 spiro atoms. The summed E-state index contributed by atoms with van der Waals surface area (Å²) in [6.45, 7) is 6.04. The van der Waals surface area contributed by atoms with Gasteiger partial charge in [-0.05, 0) is 53.4 Å². The molecule has 36 heavy (non-hydrogen) atoms. The Kier molecular flexibility index (Phi) is 8.04. The van der Waals surface area contributed by atoms with Gasteiger partial charge in [0.25, 0.3) is 0 Å². The average molecular weight is 509 g/mol. The maximum atomic E-state index is 13.6. The number of aryl methyl sites for hydroxylation is 1. The van der Waals surface area contributed by atoms with Gasteiger partial charge in [-0.3, -0.25) is 9.48 Å². The molecule has 0 bridgehead atoms. The maximum Gasteiger partial charge on any atom is 0.419 e. The highest BCUT2D eigenvalue weighted by atomic mass is 19.4. The van der Waals surface area contributed by atoms with Crippen molar-refractivity contribution in [1.29, 1.82) is 0 Å². The Bertz CT molecular complexity index is 1040. The molecule has 12 heteroatoms. The Hall–Kier alpha value is -2.86. The molecule has 2 aliphatic rings. The molecule has 2 aliphatic heterocycles. The number of carbonyl (C=O) groups excluding carboxylic acids is 1. The molecule has 2 aromatic rings. The van der Waals surface area contributed by atoms with E-state index in [4.69, 9.17) is 0 Å². The van der Waals surface area contributed by atoms with Gasteiger partial charge in [-0.15, -0.1) is 0 Å². The highest BCUT2D eigenvalue weighted by Crippen LogP contribution is 2.36. The normalized spacial score (nSPS) is 18.2. The lowest BCUT2D eigenvalue weighted by Gasteiger charge is -2.34. The first-order valence-corrected chi connectivity index (χ1v) is 12.4. The quantitative estimate of drug-likeness (QED) is 0.449. The van der Waals surface area contributed by atoms with Gasteiger partial charge < -0.3 is 25.8 Å². The van der Waals surface area contributed by atoms with Crippen molar-refractivity contribution in [3.63, 3.8) is 0 Å². The predicted molar refractivity (Wildman–Crippen MR) is 132 cm³/mol. The molecule has 0 aliphatic carbocycles. The highest BCUT2D eigenvalue weighted by Gasteiger charge is 2.34. The molecule has 2 saturated heterocycles. The van der Waals surface area contributed by atoms with Crippen LogP contribution in [0.1, 0.15) is 36.6 Å². The number of rotatable bonds is 9. The van der Waals surface area contributed by atoms with Crippen LogP contribution in [0.4, 0.5) is 30.4 Å².